The molecule has 21 heavy (non-hydrogen) atoms. The number of benzene rings is 1. The second-order valence-corrected chi connectivity index (χ2v) is 5.14. The van der Waals surface area contributed by atoms with Crippen LogP contribution < -0.4 is 14.8 Å². The summed E-state index contributed by atoms with van der Waals surface area (Å²) in [6.07, 6.45) is 3.55. The molecule has 0 unspecified atom stereocenters. The van der Waals surface area contributed by atoms with Crippen LogP contribution in [-0.4, -0.2) is 18.2 Å². The number of oxazole rings is 1. The van der Waals surface area contributed by atoms with Crippen LogP contribution in [0.25, 0.3) is 0 Å². The number of ether oxygens (including phenoxy) is 2. The Kier molecular flexibility index (Phi) is 4.40. The number of hydrogen-bond donors (Lipinski definition) is 1. The van der Waals surface area contributed by atoms with Gasteiger partial charge in [-0.15, -0.1) is 0 Å². The van der Waals surface area contributed by atoms with E-state index >= 15 is 0 Å². The predicted octanol–water partition coefficient (Wildman–Crippen LogP) is 2.82. The maximum atomic E-state index is 5.76. The first-order valence-corrected chi connectivity index (χ1v) is 7.31. The van der Waals surface area contributed by atoms with Gasteiger partial charge in [0.1, 0.15) is 5.76 Å². The van der Waals surface area contributed by atoms with Crippen LogP contribution in [0.15, 0.2) is 29.0 Å². The fourth-order valence-corrected chi connectivity index (χ4v) is 2.29. The van der Waals surface area contributed by atoms with Crippen molar-refractivity contribution in [1.29, 1.82) is 0 Å². The van der Waals surface area contributed by atoms with Crippen LogP contribution in [0.3, 0.4) is 0 Å². The summed E-state index contributed by atoms with van der Waals surface area (Å²) in [5.74, 6) is 2.54. The molecular weight excluding hydrogens is 268 g/mol. The highest BCUT2D eigenvalue weighted by Gasteiger charge is 2.10. The monoisotopic (exact) mass is 288 g/mol. The lowest BCUT2D eigenvalue weighted by molar-refractivity contribution is 0.223. The molecule has 0 aliphatic carbocycles. The lowest BCUT2D eigenvalue weighted by atomic mass is 10.2. The van der Waals surface area contributed by atoms with Crippen molar-refractivity contribution in [3.05, 3.63) is 41.6 Å². The fraction of sp³-hybridized carbons (Fsp3) is 0.438. The second-order valence-electron chi connectivity index (χ2n) is 5.14. The molecule has 0 radical (unpaired) electrons. The molecule has 3 rings (SSSR count). The van der Waals surface area contributed by atoms with Crippen LogP contribution >= 0.6 is 0 Å². The van der Waals surface area contributed by atoms with E-state index in [4.69, 9.17) is 13.9 Å². The number of rotatable bonds is 4. The minimum Gasteiger partial charge on any atom is -0.490 e. The van der Waals surface area contributed by atoms with Crippen molar-refractivity contribution >= 4 is 0 Å². The molecule has 0 saturated heterocycles. The van der Waals surface area contributed by atoms with E-state index in [-0.39, 0.29) is 0 Å². The minimum absolute atomic E-state index is 0.691. The third-order valence-electron chi connectivity index (χ3n) is 3.53. The van der Waals surface area contributed by atoms with Crippen molar-refractivity contribution in [2.75, 3.05) is 13.2 Å². The van der Waals surface area contributed by atoms with E-state index in [1.165, 1.54) is 12.0 Å². The van der Waals surface area contributed by atoms with Crippen LogP contribution in [0, 0.1) is 6.92 Å². The van der Waals surface area contributed by atoms with Gasteiger partial charge in [0.25, 0.3) is 0 Å². The predicted molar refractivity (Wildman–Crippen MR) is 78.4 cm³/mol. The van der Waals surface area contributed by atoms with Crippen molar-refractivity contribution in [3.63, 3.8) is 0 Å². The average molecular weight is 288 g/mol. The van der Waals surface area contributed by atoms with Crippen molar-refractivity contribution in [2.24, 2.45) is 0 Å². The molecule has 0 fully saturated rings. The third kappa shape index (κ3) is 3.55. The summed E-state index contributed by atoms with van der Waals surface area (Å²) in [4.78, 5) is 4.17. The van der Waals surface area contributed by atoms with Gasteiger partial charge < -0.3 is 19.2 Å². The zero-order chi connectivity index (χ0) is 14.5. The third-order valence-corrected chi connectivity index (χ3v) is 3.53. The highest BCUT2D eigenvalue weighted by molar-refractivity contribution is 5.43. The van der Waals surface area contributed by atoms with E-state index in [9.17, 15) is 0 Å². The summed E-state index contributed by atoms with van der Waals surface area (Å²) in [6, 6.07) is 6.09. The Morgan fingerprint density at radius 1 is 1.10 bits per heavy atom. The largest absolute Gasteiger partial charge is 0.490 e. The fourth-order valence-electron chi connectivity index (χ4n) is 2.29. The Bertz CT molecular complexity index is 595. The van der Waals surface area contributed by atoms with Gasteiger partial charge in [-0.05, 0) is 37.5 Å². The van der Waals surface area contributed by atoms with Gasteiger partial charge in [-0.25, -0.2) is 4.98 Å². The van der Waals surface area contributed by atoms with E-state index in [0.29, 0.717) is 6.54 Å². The van der Waals surface area contributed by atoms with Crippen molar-refractivity contribution in [1.82, 2.24) is 10.3 Å². The van der Waals surface area contributed by atoms with E-state index in [1.807, 2.05) is 19.1 Å². The summed E-state index contributed by atoms with van der Waals surface area (Å²) >= 11 is 0. The van der Waals surface area contributed by atoms with Gasteiger partial charge in [-0.2, -0.15) is 0 Å². The molecule has 0 saturated carbocycles. The molecule has 2 heterocycles. The van der Waals surface area contributed by atoms with Gasteiger partial charge in [0.15, 0.2) is 17.9 Å². The van der Waals surface area contributed by atoms with Crippen molar-refractivity contribution in [3.8, 4) is 11.5 Å². The topological polar surface area (TPSA) is 56.5 Å². The molecule has 0 atom stereocenters. The summed E-state index contributed by atoms with van der Waals surface area (Å²) in [5, 5.41) is 3.36. The standard InChI is InChI=1S/C16H20N2O3/c1-12-14(18-11-21-12)10-17-9-13-4-5-15-16(8-13)20-7-3-2-6-19-15/h4-5,8,11,17H,2-3,6-7,9-10H2,1H3. The Balaban J connectivity index is 1.60. The van der Waals surface area contributed by atoms with Gasteiger partial charge in [-0.3, -0.25) is 0 Å². The maximum Gasteiger partial charge on any atom is 0.181 e. The van der Waals surface area contributed by atoms with Crippen LogP contribution in [0.4, 0.5) is 0 Å². The van der Waals surface area contributed by atoms with Crippen LogP contribution in [0.5, 0.6) is 11.5 Å². The molecule has 112 valence electrons. The Morgan fingerprint density at radius 3 is 2.67 bits per heavy atom. The molecule has 1 aromatic heterocycles. The second kappa shape index (κ2) is 6.63. The number of aromatic nitrogens is 1. The zero-order valence-electron chi connectivity index (χ0n) is 12.2. The molecule has 1 aromatic carbocycles. The van der Waals surface area contributed by atoms with Crippen LogP contribution in [0.1, 0.15) is 29.9 Å². The number of hydrogen-bond acceptors (Lipinski definition) is 5. The average Bonchev–Trinajstić information content (AvgIpc) is 2.86. The maximum absolute atomic E-state index is 5.76. The first-order chi connectivity index (χ1) is 10.3. The Hall–Kier alpha value is -2.01. The molecule has 5 nitrogen and oxygen atoms in total. The summed E-state index contributed by atoms with van der Waals surface area (Å²) in [5.41, 5.74) is 2.11. The zero-order valence-corrected chi connectivity index (χ0v) is 12.2. The van der Waals surface area contributed by atoms with Gasteiger partial charge in [0.2, 0.25) is 0 Å². The first kappa shape index (κ1) is 13.9. The number of nitrogens with zero attached hydrogens (tertiary/aromatic N) is 1. The molecular formula is C16H20N2O3. The van der Waals surface area contributed by atoms with Gasteiger partial charge in [-0.1, -0.05) is 6.07 Å². The molecule has 0 spiro atoms. The minimum atomic E-state index is 0.691. The quantitative estimate of drug-likeness (QED) is 0.937. The smallest absolute Gasteiger partial charge is 0.181 e. The normalized spacial score (nSPS) is 14.5. The van der Waals surface area contributed by atoms with Crippen molar-refractivity contribution in [2.45, 2.75) is 32.9 Å². The Morgan fingerprint density at radius 2 is 1.90 bits per heavy atom. The number of aryl methyl sites for hydroxylation is 1. The number of nitrogens with one attached hydrogen (secondary N) is 1. The lowest BCUT2D eigenvalue weighted by Crippen LogP contribution is -2.14. The SMILES string of the molecule is Cc1ocnc1CNCc1ccc2c(c1)OCCCCO2. The van der Waals surface area contributed by atoms with Gasteiger partial charge >= 0.3 is 0 Å². The van der Waals surface area contributed by atoms with Gasteiger partial charge in [0.05, 0.1) is 18.9 Å². The summed E-state index contributed by atoms with van der Waals surface area (Å²) < 4.78 is 16.6. The Labute approximate surface area is 124 Å². The van der Waals surface area contributed by atoms with E-state index in [1.54, 1.807) is 0 Å². The lowest BCUT2D eigenvalue weighted by Gasteiger charge is -2.17. The van der Waals surface area contributed by atoms with Gasteiger partial charge in [0, 0.05) is 13.1 Å². The highest BCUT2D eigenvalue weighted by atomic mass is 16.5. The van der Waals surface area contributed by atoms with E-state index in [0.717, 1.165) is 55.6 Å². The van der Waals surface area contributed by atoms with E-state index < -0.39 is 0 Å². The molecule has 1 aliphatic heterocycles. The molecule has 2 aromatic rings. The summed E-state index contributed by atoms with van der Waals surface area (Å²) in [7, 11) is 0. The summed E-state index contributed by atoms with van der Waals surface area (Å²) in [6.45, 7) is 4.88. The van der Waals surface area contributed by atoms with Crippen molar-refractivity contribution < 1.29 is 13.9 Å². The van der Waals surface area contributed by atoms with Crippen LogP contribution in [-0.2, 0) is 13.1 Å². The molecule has 0 bridgehead atoms. The van der Waals surface area contributed by atoms with Crippen LogP contribution in [0.2, 0.25) is 0 Å². The molecule has 1 N–H and O–H groups in total. The highest BCUT2D eigenvalue weighted by Crippen LogP contribution is 2.30. The van der Waals surface area contributed by atoms with E-state index in [2.05, 4.69) is 16.4 Å². The first-order valence-electron chi connectivity index (χ1n) is 7.31. The molecule has 5 heteroatoms. The molecule has 1 aliphatic rings. The number of fused-ring (bicyclic) bond motifs is 1. The molecule has 0 amide bonds.